The molecule has 1 heterocycles. The van der Waals surface area contributed by atoms with Crippen LogP contribution in [0.15, 0.2) is 64.0 Å². The lowest BCUT2D eigenvalue weighted by Gasteiger charge is -2.04. The Kier molecular flexibility index (Phi) is 5.38. The molecule has 2 aromatic carbocycles. The van der Waals surface area contributed by atoms with Crippen LogP contribution < -0.4 is 10.5 Å². The molecule has 0 aliphatic rings. The largest absolute Gasteiger partial charge is 0.355 e. The molecule has 0 radical (unpaired) electrons. The van der Waals surface area contributed by atoms with E-state index in [0.29, 0.717) is 18.7 Å². The first kappa shape index (κ1) is 18.8. The summed E-state index contributed by atoms with van der Waals surface area (Å²) in [6, 6.07) is 15.5. The SMILES string of the molecule is Cc1ccc(-c2cc(C(=O)NCCc3ccc(S(N)(=O)=O)cc3)no2)cc1. The fraction of sp³-hybridized carbons (Fsp3) is 0.158. The van der Waals surface area contributed by atoms with E-state index in [-0.39, 0.29) is 16.5 Å². The average molecular weight is 385 g/mol. The Balaban J connectivity index is 1.56. The summed E-state index contributed by atoms with van der Waals surface area (Å²) in [5.41, 5.74) is 3.06. The number of carbonyl (C=O) groups is 1. The highest BCUT2D eigenvalue weighted by Gasteiger charge is 2.13. The zero-order valence-corrected chi connectivity index (χ0v) is 15.5. The average Bonchev–Trinajstić information content (AvgIpc) is 3.12. The van der Waals surface area contributed by atoms with Crippen molar-refractivity contribution in [3.05, 3.63) is 71.4 Å². The van der Waals surface area contributed by atoms with Gasteiger partial charge in [-0.1, -0.05) is 47.1 Å². The smallest absolute Gasteiger partial charge is 0.273 e. The van der Waals surface area contributed by atoms with E-state index in [1.54, 1.807) is 18.2 Å². The van der Waals surface area contributed by atoms with Crippen molar-refractivity contribution < 1.29 is 17.7 Å². The molecule has 27 heavy (non-hydrogen) atoms. The van der Waals surface area contributed by atoms with Gasteiger partial charge in [0.05, 0.1) is 4.90 Å². The molecule has 0 bridgehead atoms. The number of nitrogens with zero attached hydrogens (tertiary/aromatic N) is 1. The third-order valence-corrected chi connectivity index (χ3v) is 4.96. The van der Waals surface area contributed by atoms with E-state index in [1.807, 2.05) is 31.2 Å². The van der Waals surface area contributed by atoms with Gasteiger partial charge in [0, 0.05) is 18.2 Å². The van der Waals surface area contributed by atoms with Gasteiger partial charge in [0.25, 0.3) is 5.91 Å². The van der Waals surface area contributed by atoms with Gasteiger partial charge in [-0.05, 0) is 31.0 Å². The number of aryl methyl sites for hydroxylation is 1. The van der Waals surface area contributed by atoms with Crippen LogP contribution in [0.4, 0.5) is 0 Å². The molecule has 0 aliphatic heterocycles. The summed E-state index contributed by atoms with van der Waals surface area (Å²) in [4.78, 5) is 12.2. The molecule has 1 aromatic heterocycles. The van der Waals surface area contributed by atoms with Crippen LogP contribution in [-0.2, 0) is 16.4 Å². The Morgan fingerprint density at radius 3 is 2.41 bits per heavy atom. The number of nitrogens with two attached hydrogens (primary N) is 1. The zero-order valence-electron chi connectivity index (χ0n) is 14.7. The number of carbonyl (C=O) groups excluding carboxylic acids is 1. The lowest BCUT2D eigenvalue weighted by molar-refractivity contribution is 0.0945. The Bertz CT molecular complexity index is 1040. The molecule has 0 saturated carbocycles. The van der Waals surface area contributed by atoms with Gasteiger partial charge in [-0.2, -0.15) is 0 Å². The van der Waals surface area contributed by atoms with Crippen LogP contribution in [0.3, 0.4) is 0 Å². The van der Waals surface area contributed by atoms with Gasteiger partial charge in [-0.15, -0.1) is 0 Å². The van der Waals surface area contributed by atoms with Gasteiger partial charge in [0.15, 0.2) is 11.5 Å². The van der Waals surface area contributed by atoms with Crippen LogP contribution in [0.5, 0.6) is 0 Å². The van der Waals surface area contributed by atoms with Gasteiger partial charge < -0.3 is 9.84 Å². The number of nitrogens with one attached hydrogen (secondary N) is 1. The van der Waals surface area contributed by atoms with Crippen molar-refractivity contribution >= 4 is 15.9 Å². The predicted molar refractivity (Wildman–Crippen MR) is 101 cm³/mol. The summed E-state index contributed by atoms with van der Waals surface area (Å²) >= 11 is 0. The van der Waals surface area contributed by atoms with Crippen LogP contribution in [0.1, 0.15) is 21.6 Å². The normalized spacial score (nSPS) is 11.3. The van der Waals surface area contributed by atoms with Gasteiger partial charge >= 0.3 is 0 Å². The summed E-state index contributed by atoms with van der Waals surface area (Å²) in [5, 5.41) is 11.6. The minimum Gasteiger partial charge on any atom is -0.355 e. The van der Waals surface area contributed by atoms with Crippen molar-refractivity contribution in [3.8, 4) is 11.3 Å². The number of benzene rings is 2. The maximum Gasteiger partial charge on any atom is 0.273 e. The molecule has 0 fully saturated rings. The summed E-state index contributed by atoms with van der Waals surface area (Å²) < 4.78 is 27.7. The molecular weight excluding hydrogens is 366 g/mol. The standard InChI is InChI=1S/C19H19N3O4S/c1-13-2-6-15(7-3-13)18-12-17(22-26-18)19(23)21-11-10-14-4-8-16(9-5-14)27(20,24)25/h2-9,12H,10-11H2,1H3,(H,21,23)(H2,20,24,25). The molecule has 3 N–H and O–H groups in total. The minimum atomic E-state index is -3.70. The fourth-order valence-corrected chi connectivity index (χ4v) is 3.01. The highest BCUT2D eigenvalue weighted by Crippen LogP contribution is 2.20. The van der Waals surface area contributed by atoms with Crippen molar-refractivity contribution in [2.24, 2.45) is 5.14 Å². The van der Waals surface area contributed by atoms with Crippen LogP contribution in [0, 0.1) is 6.92 Å². The molecular formula is C19H19N3O4S. The topological polar surface area (TPSA) is 115 Å². The quantitative estimate of drug-likeness (QED) is 0.675. The molecule has 0 unspecified atom stereocenters. The van der Waals surface area contributed by atoms with Crippen molar-refractivity contribution in [1.82, 2.24) is 10.5 Å². The highest BCUT2D eigenvalue weighted by atomic mass is 32.2. The van der Waals surface area contributed by atoms with E-state index in [2.05, 4.69) is 10.5 Å². The first-order valence-electron chi connectivity index (χ1n) is 8.26. The molecule has 0 atom stereocenters. The molecule has 0 saturated heterocycles. The molecule has 1 amide bonds. The number of rotatable bonds is 6. The van der Waals surface area contributed by atoms with Gasteiger partial charge in [-0.3, -0.25) is 4.79 Å². The van der Waals surface area contributed by atoms with Crippen LogP contribution in [0.2, 0.25) is 0 Å². The molecule has 3 rings (SSSR count). The second-order valence-corrected chi connectivity index (χ2v) is 7.70. The molecule has 0 aliphatic carbocycles. The van der Waals surface area contributed by atoms with E-state index in [9.17, 15) is 13.2 Å². The van der Waals surface area contributed by atoms with Crippen LogP contribution >= 0.6 is 0 Å². The third kappa shape index (κ3) is 4.81. The zero-order chi connectivity index (χ0) is 19.4. The summed E-state index contributed by atoms with van der Waals surface area (Å²) in [6.07, 6.45) is 0.541. The van der Waals surface area contributed by atoms with Crippen LogP contribution in [-0.4, -0.2) is 26.0 Å². The summed E-state index contributed by atoms with van der Waals surface area (Å²) in [5.74, 6) is 0.192. The Morgan fingerprint density at radius 2 is 1.78 bits per heavy atom. The predicted octanol–water partition coefficient (Wildman–Crippen LogP) is 2.27. The maximum absolute atomic E-state index is 12.2. The number of hydrogen-bond donors (Lipinski definition) is 2. The van der Waals surface area contributed by atoms with Crippen molar-refractivity contribution in [3.63, 3.8) is 0 Å². The van der Waals surface area contributed by atoms with E-state index < -0.39 is 10.0 Å². The Labute approximate surface area is 157 Å². The molecule has 8 heteroatoms. The summed E-state index contributed by atoms with van der Waals surface area (Å²) in [7, 11) is -3.70. The van der Waals surface area contributed by atoms with E-state index in [4.69, 9.17) is 9.66 Å². The van der Waals surface area contributed by atoms with Gasteiger partial charge in [0.2, 0.25) is 10.0 Å². The number of hydrogen-bond acceptors (Lipinski definition) is 5. The molecule has 140 valence electrons. The maximum atomic E-state index is 12.2. The fourth-order valence-electron chi connectivity index (χ4n) is 2.49. The summed E-state index contributed by atoms with van der Waals surface area (Å²) in [6.45, 7) is 2.37. The number of aromatic nitrogens is 1. The second-order valence-electron chi connectivity index (χ2n) is 6.14. The molecule has 3 aromatic rings. The monoisotopic (exact) mass is 385 g/mol. The Hall–Kier alpha value is -2.97. The lowest BCUT2D eigenvalue weighted by Crippen LogP contribution is -2.25. The highest BCUT2D eigenvalue weighted by molar-refractivity contribution is 7.89. The van der Waals surface area contributed by atoms with Crippen molar-refractivity contribution in [1.29, 1.82) is 0 Å². The van der Waals surface area contributed by atoms with Gasteiger partial charge in [-0.25, -0.2) is 13.6 Å². The Morgan fingerprint density at radius 1 is 1.11 bits per heavy atom. The van der Waals surface area contributed by atoms with E-state index in [0.717, 1.165) is 16.7 Å². The number of sulfonamides is 1. The van der Waals surface area contributed by atoms with E-state index in [1.165, 1.54) is 12.1 Å². The lowest BCUT2D eigenvalue weighted by atomic mass is 10.1. The first-order chi connectivity index (χ1) is 12.8. The third-order valence-electron chi connectivity index (χ3n) is 4.03. The second kappa shape index (κ2) is 7.73. The number of amides is 1. The molecule has 7 nitrogen and oxygen atoms in total. The first-order valence-corrected chi connectivity index (χ1v) is 9.81. The molecule has 0 spiro atoms. The van der Waals surface area contributed by atoms with E-state index >= 15 is 0 Å². The van der Waals surface area contributed by atoms with Crippen LogP contribution in [0.25, 0.3) is 11.3 Å². The number of primary sulfonamides is 1. The van der Waals surface area contributed by atoms with Gasteiger partial charge in [0.1, 0.15) is 0 Å². The van der Waals surface area contributed by atoms with Crippen molar-refractivity contribution in [2.45, 2.75) is 18.2 Å². The van der Waals surface area contributed by atoms with Crippen molar-refractivity contribution in [2.75, 3.05) is 6.54 Å². The minimum absolute atomic E-state index is 0.0570.